The number of hydrogen-bond acceptors (Lipinski definition) is 2. The minimum atomic E-state index is 0.811. The fourth-order valence-corrected chi connectivity index (χ4v) is 1.34. The lowest BCUT2D eigenvalue weighted by atomic mass is 10.5. The molecule has 0 bridgehead atoms. The highest BCUT2D eigenvalue weighted by molar-refractivity contribution is 5.45. The van der Waals surface area contributed by atoms with Crippen LogP contribution in [0, 0.1) is 6.92 Å². The van der Waals surface area contributed by atoms with Crippen molar-refractivity contribution < 1.29 is 4.74 Å². The predicted octanol–water partition coefficient (Wildman–Crippen LogP) is 1.65. The summed E-state index contributed by atoms with van der Waals surface area (Å²) < 4.78 is 7.12. The minimum absolute atomic E-state index is 0.811. The molecule has 0 aliphatic carbocycles. The molecule has 3 nitrogen and oxygen atoms in total. The lowest BCUT2D eigenvalue weighted by Crippen LogP contribution is -1.90. The molecule has 2 aromatic rings. The van der Waals surface area contributed by atoms with Crippen molar-refractivity contribution in [3.8, 4) is 5.88 Å². The van der Waals surface area contributed by atoms with Crippen LogP contribution in [0.3, 0.4) is 0 Å². The van der Waals surface area contributed by atoms with E-state index in [1.54, 1.807) is 7.11 Å². The van der Waals surface area contributed by atoms with E-state index in [-0.39, 0.29) is 0 Å². The highest BCUT2D eigenvalue weighted by atomic mass is 16.5. The van der Waals surface area contributed by atoms with E-state index in [0.717, 1.165) is 17.2 Å². The fourth-order valence-electron chi connectivity index (χ4n) is 1.34. The zero-order valence-corrected chi connectivity index (χ0v) is 7.11. The average Bonchev–Trinajstić information content (AvgIpc) is 2.40. The molecule has 0 N–H and O–H groups in total. The van der Waals surface area contributed by atoms with Crippen molar-refractivity contribution in [1.82, 2.24) is 9.38 Å². The highest BCUT2D eigenvalue weighted by Gasteiger charge is 2.06. The van der Waals surface area contributed by atoms with Gasteiger partial charge >= 0.3 is 0 Å². The van der Waals surface area contributed by atoms with E-state index >= 15 is 0 Å². The summed E-state index contributed by atoms with van der Waals surface area (Å²) >= 11 is 0. The molecule has 2 aromatic heterocycles. The number of hydrogen-bond donors (Lipinski definition) is 0. The van der Waals surface area contributed by atoms with E-state index in [0.29, 0.717) is 0 Å². The first-order valence-corrected chi connectivity index (χ1v) is 3.80. The molecule has 0 saturated carbocycles. The fraction of sp³-hybridized carbons (Fsp3) is 0.222. The van der Waals surface area contributed by atoms with E-state index in [1.165, 1.54) is 0 Å². The van der Waals surface area contributed by atoms with Gasteiger partial charge in [-0.15, -0.1) is 0 Å². The van der Waals surface area contributed by atoms with Gasteiger partial charge in [0.1, 0.15) is 11.3 Å². The Kier molecular flexibility index (Phi) is 1.50. The summed E-state index contributed by atoms with van der Waals surface area (Å²) in [6.45, 7) is 1.94. The Hall–Kier alpha value is -1.51. The van der Waals surface area contributed by atoms with Gasteiger partial charge in [0.15, 0.2) is 0 Å². The molecule has 0 fully saturated rings. The summed E-state index contributed by atoms with van der Waals surface area (Å²) in [5, 5.41) is 0. The van der Waals surface area contributed by atoms with Gasteiger partial charge in [-0.05, 0) is 19.1 Å². The van der Waals surface area contributed by atoms with Crippen molar-refractivity contribution in [3.63, 3.8) is 0 Å². The molecular weight excluding hydrogens is 152 g/mol. The molecule has 0 unspecified atom stereocenters. The van der Waals surface area contributed by atoms with Gasteiger partial charge < -0.3 is 4.74 Å². The van der Waals surface area contributed by atoms with E-state index in [4.69, 9.17) is 4.74 Å². The van der Waals surface area contributed by atoms with Gasteiger partial charge in [0.25, 0.3) is 0 Å². The van der Waals surface area contributed by atoms with Crippen LogP contribution in [0.2, 0.25) is 0 Å². The number of imidazole rings is 1. The third-order valence-corrected chi connectivity index (χ3v) is 1.84. The first-order valence-electron chi connectivity index (χ1n) is 3.80. The molecule has 3 heteroatoms. The zero-order chi connectivity index (χ0) is 8.55. The maximum atomic E-state index is 5.20. The Morgan fingerprint density at radius 2 is 2.25 bits per heavy atom. The summed E-state index contributed by atoms with van der Waals surface area (Å²) in [6, 6.07) is 5.87. The Morgan fingerprint density at radius 1 is 1.42 bits per heavy atom. The topological polar surface area (TPSA) is 26.5 Å². The Bertz CT molecular complexity index is 406. The summed E-state index contributed by atoms with van der Waals surface area (Å²) in [7, 11) is 1.66. The second kappa shape index (κ2) is 2.52. The van der Waals surface area contributed by atoms with Gasteiger partial charge in [0, 0.05) is 6.20 Å². The molecular formula is C9H10N2O. The molecule has 2 heterocycles. The average molecular weight is 162 g/mol. The normalized spacial score (nSPS) is 10.5. The summed E-state index contributed by atoms with van der Waals surface area (Å²) in [6.07, 6.45) is 1.94. The van der Waals surface area contributed by atoms with Crippen LogP contribution in [0.15, 0.2) is 24.4 Å². The van der Waals surface area contributed by atoms with E-state index in [9.17, 15) is 0 Å². The van der Waals surface area contributed by atoms with E-state index < -0.39 is 0 Å². The van der Waals surface area contributed by atoms with Gasteiger partial charge in [0.05, 0.1) is 7.11 Å². The van der Waals surface area contributed by atoms with E-state index in [1.807, 2.05) is 35.7 Å². The maximum Gasteiger partial charge on any atom is 0.221 e. The Labute approximate surface area is 70.6 Å². The number of methoxy groups -OCH3 is 1. The molecule has 0 aromatic carbocycles. The second-order valence-electron chi connectivity index (χ2n) is 2.64. The van der Waals surface area contributed by atoms with Crippen LogP contribution in [-0.4, -0.2) is 16.5 Å². The standard InChI is InChI=1S/C9H10N2O/c1-7-9(12-2)11-6-4-3-5-8(11)10-7/h3-6H,1-2H3. The van der Waals surface area contributed by atoms with Gasteiger partial charge in [0.2, 0.25) is 5.88 Å². The molecule has 0 aliphatic heterocycles. The zero-order valence-electron chi connectivity index (χ0n) is 7.11. The molecule has 0 spiro atoms. The molecule has 0 amide bonds. The summed E-state index contributed by atoms with van der Waals surface area (Å²) in [5.41, 5.74) is 1.84. The van der Waals surface area contributed by atoms with Crippen molar-refractivity contribution in [2.45, 2.75) is 6.92 Å². The lowest BCUT2D eigenvalue weighted by molar-refractivity contribution is 0.391. The minimum Gasteiger partial charge on any atom is -0.481 e. The summed E-state index contributed by atoms with van der Waals surface area (Å²) in [4.78, 5) is 4.32. The molecule has 62 valence electrons. The van der Waals surface area contributed by atoms with E-state index in [2.05, 4.69) is 4.98 Å². The van der Waals surface area contributed by atoms with Crippen molar-refractivity contribution in [2.24, 2.45) is 0 Å². The van der Waals surface area contributed by atoms with Crippen molar-refractivity contribution in [3.05, 3.63) is 30.1 Å². The number of fused-ring (bicyclic) bond motifs is 1. The number of aromatic nitrogens is 2. The van der Waals surface area contributed by atoms with Gasteiger partial charge in [-0.1, -0.05) is 6.07 Å². The third-order valence-electron chi connectivity index (χ3n) is 1.84. The predicted molar refractivity (Wildman–Crippen MR) is 46.5 cm³/mol. The quantitative estimate of drug-likeness (QED) is 0.637. The maximum absolute atomic E-state index is 5.20. The van der Waals surface area contributed by atoms with Crippen LogP contribution in [0.4, 0.5) is 0 Å². The lowest BCUT2D eigenvalue weighted by Gasteiger charge is -1.98. The molecule has 0 atom stereocenters. The first kappa shape index (κ1) is 7.16. The number of pyridine rings is 1. The van der Waals surface area contributed by atoms with Crippen LogP contribution in [0.5, 0.6) is 5.88 Å². The second-order valence-corrected chi connectivity index (χ2v) is 2.64. The molecule has 0 radical (unpaired) electrons. The van der Waals surface area contributed by atoms with Gasteiger partial charge in [-0.2, -0.15) is 0 Å². The van der Waals surface area contributed by atoms with Crippen LogP contribution in [0.25, 0.3) is 5.65 Å². The largest absolute Gasteiger partial charge is 0.481 e. The number of rotatable bonds is 1. The smallest absolute Gasteiger partial charge is 0.221 e. The van der Waals surface area contributed by atoms with Crippen LogP contribution in [0.1, 0.15) is 5.69 Å². The first-order chi connectivity index (χ1) is 5.83. The van der Waals surface area contributed by atoms with Crippen LogP contribution < -0.4 is 4.74 Å². The number of ether oxygens (including phenoxy) is 1. The van der Waals surface area contributed by atoms with Crippen LogP contribution in [-0.2, 0) is 0 Å². The van der Waals surface area contributed by atoms with Crippen molar-refractivity contribution >= 4 is 5.65 Å². The van der Waals surface area contributed by atoms with Crippen molar-refractivity contribution in [1.29, 1.82) is 0 Å². The Morgan fingerprint density at radius 3 is 3.00 bits per heavy atom. The molecule has 12 heavy (non-hydrogen) atoms. The number of nitrogens with zero attached hydrogens (tertiary/aromatic N) is 2. The third kappa shape index (κ3) is 0.863. The monoisotopic (exact) mass is 162 g/mol. The molecule has 2 rings (SSSR count). The van der Waals surface area contributed by atoms with Gasteiger partial charge in [-0.3, -0.25) is 4.40 Å². The van der Waals surface area contributed by atoms with Gasteiger partial charge in [-0.25, -0.2) is 4.98 Å². The molecule has 0 aliphatic rings. The van der Waals surface area contributed by atoms with Crippen molar-refractivity contribution in [2.75, 3.05) is 7.11 Å². The SMILES string of the molecule is COc1c(C)nc2ccccn12. The highest BCUT2D eigenvalue weighted by Crippen LogP contribution is 2.18. The molecule has 0 saturated heterocycles. The van der Waals surface area contributed by atoms with Crippen LogP contribution >= 0.6 is 0 Å². The Balaban J connectivity index is 2.81. The summed E-state index contributed by atoms with van der Waals surface area (Å²) in [5.74, 6) is 0.811. The number of aryl methyl sites for hydroxylation is 1.